The molecular formula is C8H5NO2S2. The van der Waals surface area contributed by atoms with E-state index in [0.717, 1.165) is 11.3 Å². The summed E-state index contributed by atoms with van der Waals surface area (Å²) in [6.45, 7) is 0. The molecule has 3 nitrogen and oxygen atoms in total. The van der Waals surface area contributed by atoms with Crippen LogP contribution in [0.15, 0.2) is 12.1 Å². The topological polar surface area (TPSA) is 61.1 Å². The summed E-state index contributed by atoms with van der Waals surface area (Å²) in [5, 5.41) is 17.0. The van der Waals surface area contributed by atoms with E-state index < -0.39 is 5.97 Å². The number of carbonyl (C=O) groups is 1. The van der Waals surface area contributed by atoms with Crippen molar-refractivity contribution < 1.29 is 9.90 Å². The molecule has 66 valence electrons. The van der Waals surface area contributed by atoms with Crippen molar-refractivity contribution in [2.75, 3.05) is 0 Å². The van der Waals surface area contributed by atoms with Gasteiger partial charge in [-0.1, -0.05) is 12.2 Å². The van der Waals surface area contributed by atoms with Crippen LogP contribution in [0, 0.1) is 11.3 Å². The molecule has 1 rings (SSSR count). The van der Waals surface area contributed by atoms with Gasteiger partial charge in [0.25, 0.3) is 0 Å². The van der Waals surface area contributed by atoms with Gasteiger partial charge in [-0.15, -0.1) is 11.3 Å². The van der Waals surface area contributed by atoms with Crippen LogP contribution < -0.4 is 0 Å². The van der Waals surface area contributed by atoms with Crippen molar-refractivity contribution in [1.82, 2.24) is 0 Å². The Morgan fingerprint density at radius 1 is 1.62 bits per heavy atom. The number of carboxylic acids is 1. The van der Waals surface area contributed by atoms with Crippen LogP contribution >= 0.6 is 23.6 Å². The maximum absolute atomic E-state index is 10.5. The summed E-state index contributed by atoms with van der Waals surface area (Å²) >= 11 is 6.01. The summed E-state index contributed by atoms with van der Waals surface area (Å²) in [6.07, 6.45) is 0.162. The van der Waals surface area contributed by atoms with Crippen LogP contribution in [-0.2, 0) is 0 Å². The van der Waals surface area contributed by atoms with Crippen LogP contribution in [0.2, 0.25) is 0 Å². The summed E-state index contributed by atoms with van der Waals surface area (Å²) in [5.74, 6) is -0.962. The molecule has 0 spiro atoms. The van der Waals surface area contributed by atoms with Crippen LogP contribution in [-0.4, -0.2) is 15.9 Å². The zero-order valence-electron chi connectivity index (χ0n) is 6.48. The Morgan fingerprint density at radius 2 is 2.23 bits per heavy atom. The van der Waals surface area contributed by atoms with Gasteiger partial charge in [0.05, 0.1) is 12.5 Å². The summed E-state index contributed by atoms with van der Waals surface area (Å²) in [4.78, 5) is 11.9. The van der Waals surface area contributed by atoms with E-state index in [-0.39, 0.29) is 11.3 Å². The SMILES string of the molecule is N#CCC(=S)c1ccc(C(=O)O)s1. The van der Waals surface area contributed by atoms with Crippen LogP contribution in [0.25, 0.3) is 0 Å². The third-order valence-corrected chi connectivity index (χ3v) is 2.96. The molecule has 0 bridgehead atoms. The zero-order valence-corrected chi connectivity index (χ0v) is 8.11. The number of rotatable bonds is 3. The van der Waals surface area contributed by atoms with Gasteiger partial charge in [0.2, 0.25) is 0 Å². The van der Waals surface area contributed by atoms with Crippen molar-refractivity contribution in [3.05, 3.63) is 21.9 Å². The number of nitrogens with zero attached hydrogens (tertiary/aromatic N) is 1. The number of thiophene rings is 1. The lowest BCUT2D eigenvalue weighted by Crippen LogP contribution is -1.91. The van der Waals surface area contributed by atoms with Crippen molar-refractivity contribution in [2.24, 2.45) is 0 Å². The van der Waals surface area contributed by atoms with E-state index in [0.29, 0.717) is 9.74 Å². The number of thiocarbonyl (C=S) groups is 1. The van der Waals surface area contributed by atoms with E-state index in [4.69, 9.17) is 22.6 Å². The summed E-state index contributed by atoms with van der Waals surface area (Å²) in [5.41, 5.74) is 0. The first-order valence-electron chi connectivity index (χ1n) is 3.38. The van der Waals surface area contributed by atoms with Gasteiger partial charge in [0.15, 0.2) is 0 Å². The van der Waals surface area contributed by atoms with Crippen LogP contribution in [0.4, 0.5) is 0 Å². The van der Waals surface area contributed by atoms with Crippen LogP contribution in [0.1, 0.15) is 21.0 Å². The molecule has 0 aliphatic rings. The van der Waals surface area contributed by atoms with E-state index in [1.807, 2.05) is 6.07 Å². The smallest absolute Gasteiger partial charge is 0.345 e. The number of hydrogen-bond acceptors (Lipinski definition) is 4. The Hall–Kier alpha value is -1.25. The molecule has 13 heavy (non-hydrogen) atoms. The highest BCUT2D eigenvalue weighted by Crippen LogP contribution is 2.18. The molecular weight excluding hydrogens is 206 g/mol. The van der Waals surface area contributed by atoms with Crippen LogP contribution in [0.3, 0.4) is 0 Å². The summed E-state index contributed by atoms with van der Waals surface area (Å²) < 4.78 is 0. The van der Waals surface area contributed by atoms with Gasteiger partial charge < -0.3 is 5.11 Å². The standard InChI is InChI=1S/C8H5NO2S2/c9-4-3-5(12)6-1-2-7(13-6)8(10)11/h1-2H,3H2,(H,10,11). The van der Waals surface area contributed by atoms with Gasteiger partial charge in [-0.3, -0.25) is 0 Å². The first kappa shape index (κ1) is 9.84. The van der Waals surface area contributed by atoms with Crippen molar-refractivity contribution >= 4 is 34.4 Å². The highest BCUT2D eigenvalue weighted by atomic mass is 32.1. The molecule has 0 unspecified atom stereocenters. The van der Waals surface area contributed by atoms with E-state index >= 15 is 0 Å². The molecule has 1 aromatic heterocycles. The lowest BCUT2D eigenvalue weighted by molar-refractivity contribution is 0.0702. The van der Waals surface area contributed by atoms with Crippen molar-refractivity contribution in [3.8, 4) is 6.07 Å². The van der Waals surface area contributed by atoms with E-state index in [2.05, 4.69) is 0 Å². The number of aromatic carboxylic acids is 1. The first-order chi connectivity index (χ1) is 6.15. The molecule has 0 saturated heterocycles. The van der Waals surface area contributed by atoms with Gasteiger partial charge in [-0.25, -0.2) is 4.79 Å². The molecule has 0 saturated carbocycles. The number of carboxylic acid groups (broad SMARTS) is 1. The monoisotopic (exact) mass is 211 g/mol. The predicted octanol–water partition coefficient (Wildman–Crippen LogP) is 2.08. The molecule has 1 heterocycles. The van der Waals surface area contributed by atoms with E-state index in [1.165, 1.54) is 6.07 Å². The summed E-state index contributed by atoms with van der Waals surface area (Å²) in [7, 11) is 0. The Balaban J connectivity index is 2.87. The third kappa shape index (κ3) is 2.34. The number of hydrogen-bond donors (Lipinski definition) is 1. The molecule has 1 aromatic rings. The molecule has 0 amide bonds. The van der Waals surface area contributed by atoms with E-state index in [9.17, 15) is 4.79 Å². The molecule has 5 heteroatoms. The normalized spacial score (nSPS) is 9.15. The lowest BCUT2D eigenvalue weighted by Gasteiger charge is -1.90. The second-order valence-electron chi connectivity index (χ2n) is 2.23. The van der Waals surface area contributed by atoms with Crippen molar-refractivity contribution in [3.63, 3.8) is 0 Å². The minimum absolute atomic E-state index is 0.162. The highest BCUT2D eigenvalue weighted by Gasteiger charge is 2.09. The fourth-order valence-electron chi connectivity index (χ4n) is 0.762. The molecule has 0 aromatic carbocycles. The minimum Gasteiger partial charge on any atom is -0.477 e. The zero-order chi connectivity index (χ0) is 9.84. The Labute approximate surface area is 84.2 Å². The van der Waals surface area contributed by atoms with E-state index in [1.54, 1.807) is 6.07 Å². The fourth-order valence-corrected chi connectivity index (χ4v) is 1.80. The molecule has 0 aliphatic carbocycles. The minimum atomic E-state index is -0.962. The average Bonchev–Trinajstić information content (AvgIpc) is 2.52. The Morgan fingerprint density at radius 3 is 2.69 bits per heavy atom. The predicted molar refractivity (Wildman–Crippen MR) is 53.2 cm³/mol. The molecule has 0 fully saturated rings. The maximum atomic E-state index is 10.5. The van der Waals surface area contributed by atoms with Crippen molar-refractivity contribution in [1.29, 1.82) is 5.26 Å². The third-order valence-electron chi connectivity index (χ3n) is 1.33. The largest absolute Gasteiger partial charge is 0.477 e. The van der Waals surface area contributed by atoms with Gasteiger partial charge in [0, 0.05) is 9.74 Å². The number of nitriles is 1. The second kappa shape index (κ2) is 4.12. The quantitative estimate of drug-likeness (QED) is 0.614. The molecule has 1 N–H and O–H groups in total. The van der Waals surface area contributed by atoms with Gasteiger partial charge in [0.1, 0.15) is 4.88 Å². The second-order valence-corrected chi connectivity index (χ2v) is 3.80. The van der Waals surface area contributed by atoms with Gasteiger partial charge >= 0.3 is 5.97 Å². The van der Waals surface area contributed by atoms with Gasteiger partial charge in [-0.05, 0) is 12.1 Å². The highest BCUT2D eigenvalue weighted by molar-refractivity contribution is 7.81. The van der Waals surface area contributed by atoms with Gasteiger partial charge in [-0.2, -0.15) is 5.26 Å². The molecule has 0 atom stereocenters. The first-order valence-corrected chi connectivity index (χ1v) is 4.61. The van der Waals surface area contributed by atoms with Crippen molar-refractivity contribution in [2.45, 2.75) is 6.42 Å². The Bertz CT molecular complexity index is 389. The molecule has 0 radical (unpaired) electrons. The summed E-state index contributed by atoms with van der Waals surface area (Å²) in [6, 6.07) is 5.05. The average molecular weight is 211 g/mol. The fraction of sp³-hybridized carbons (Fsp3) is 0.125. The maximum Gasteiger partial charge on any atom is 0.345 e. The Kier molecular flexibility index (Phi) is 3.12. The van der Waals surface area contributed by atoms with Crippen LogP contribution in [0.5, 0.6) is 0 Å². The molecule has 0 aliphatic heterocycles. The lowest BCUT2D eigenvalue weighted by atomic mass is 10.3.